The molecule has 2 N–H and O–H groups in total. The smallest absolute Gasteiger partial charge is 0.159 e. The van der Waals surface area contributed by atoms with Gasteiger partial charge in [0.2, 0.25) is 0 Å². The van der Waals surface area contributed by atoms with Crippen LogP contribution in [0, 0.1) is 28.5 Å². The normalized spacial score (nSPS) is 11.1. The summed E-state index contributed by atoms with van der Waals surface area (Å²) in [6.07, 6.45) is 11.8. The molecule has 374 valence electrons. The summed E-state index contributed by atoms with van der Waals surface area (Å²) in [4.78, 5) is 42.3. The first-order valence-corrected chi connectivity index (χ1v) is 23.9. The van der Waals surface area contributed by atoms with Gasteiger partial charge in [-0.05, 0) is 115 Å². The van der Waals surface area contributed by atoms with Gasteiger partial charge in [-0.15, -0.1) is 0 Å². The maximum Gasteiger partial charge on any atom is 0.159 e. The second-order valence-electron chi connectivity index (χ2n) is 16.9. The summed E-state index contributed by atoms with van der Waals surface area (Å²) < 4.78 is 31.0. The van der Waals surface area contributed by atoms with Crippen LogP contribution in [0.5, 0.6) is 17.2 Å². The number of nitrogens with zero attached hydrogens (tertiary/aromatic N) is 7. The van der Waals surface area contributed by atoms with Crippen molar-refractivity contribution < 1.29 is 28.2 Å². The highest BCUT2D eigenvalue weighted by atomic mass is 35.5. The van der Waals surface area contributed by atoms with Crippen LogP contribution in [0.4, 0.5) is 27.1 Å². The second-order valence-corrected chi connectivity index (χ2v) is 17.7. The van der Waals surface area contributed by atoms with E-state index in [1.807, 2.05) is 94.3 Å². The number of nitrogens with one attached hydrogen (secondary N) is 2. The minimum atomic E-state index is -0.535. The molecule has 3 aromatic heterocycles. The van der Waals surface area contributed by atoms with E-state index in [1.54, 1.807) is 48.7 Å². The zero-order valence-electron chi connectivity index (χ0n) is 41.3. The van der Waals surface area contributed by atoms with Gasteiger partial charge in [-0.3, -0.25) is 24.5 Å². The number of halogens is 3. The number of likely N-dealkylation sites (N-methyl/N-ethyl adjacent to an activating group) is 2. The monoisotopic (exact) mass is 1020 g/mol. The van der Waals surface area contributed by atoms with Crippen LogP contribution < -0.4 is 24.8 Å². The fourth-order valence-electron chi connectivity index (χ4n) is 7.30. The lowest BCUT2D eigenvalue weighted by molar-refractivity contribution is -0.114. The molecule has 4 aromatic carbocycles. The number of ketones is 2. The number of anilines is 4. The molecule has 0 amide bonds. The first-order valence-electron chi connectivity index (χ1n) is 23.2. The summed E-state index contributed by atoms with van der Waals surface area (Å²) in [6.45, 7) is 6.24. The van der Waals surface area contributed by atoms with E-state index in [4.69, 9.17) is 37.4 Å². The molecule has 7 aromatic rings. The number of aromatic nitrogens is 3. The molecule has 0 aliphatic carbocycles. The summed E-state index contributed by atoms with van der Waals surface area (Å²) in [5.74, 6) is 1.02. The molecular weight excluding hydrogens is 969 g/mol. The molecule has 3 heterocycles. The number of fused-ring (bicyclic) bond motifs is 2. The lowest BCUT2D eigenvalue weighted by Gasteiger charge is -2.16. The number of benzene rings is 4. The van der Waals surface area contributed by atoms with E-state index >= 15 is 0 Å². The Balaban J connectivity index is 0.000000243. The molecule has 0 aliphatic heterocycles. The lowest BCUT2D eigenvalue weighted by Crippen LogP contribution is -2.11. The quantitative estimate of drug-likeness (QED) is 0.0649. The van der Waals surface area contributed by atoms with Crippen LogP contribution in [0.1, 0.15) is 41.8 Å². The van der Waals surface area contributed by atoms with Gasteiger partial charge in [-0.2, -0.15) is 10.5 Å². The molecule has 0 spiro atoms. The Bertz CT molecular complexity index is 3250. The van der Waals surface area contributed by atoms with Crippen LogP contribution in [0.25, 0.3) is 21.8 Å². The number of carbonyl (C=O) groups excluding carboxylic acids is 2. The Hall–Kier alpha value is -7.92. The zero-order valence-corrected chi connectivity index (χ0v) is 42.8. The topological polar surface area (TPSA) is 179 Å². The van der Waals surface area contributed by atoms with Crippen LogP contribution >= 0.6 is 23.2 Å². The minimum Gasteiger partial charge on any atom is -0.494 e. The molecule has 14 nitrogen and oxygen atoms in total. The highest BCUT2D eigenvalue weighted by Crippen LogP contribution is 2.37. The zero-order chi connectivity index (χ0) is 52.4. The minimum absolute atomic E-state index is 0.0358. The van der Waals surface area contributed by atoms with Crippen molar-refractivity contribution >= 4 is 79.3 Å². The van der Waals surface area contributed by atoms with E-state index in [9.17, 15) is 24.5 Å². The summed E-state index contributed by atoms with van der Waals surface area (Å²) in [5, 5.41) is 27.7. The third-order valence-corrected chi connectivity index (χ3v) is 11.3. The van der Waals surface area contributed by atoms with Gasteiger partial charge >= 0.3 is 0 Å². The maximum absolute atomic E-state index is 13.6. The molecule has 0 saturated carbocycles. The Morgan fingerprint density at radius 2 is 1.16 bits per heavy atom. The number of pyridine rings is 3. The lowest BCUT2D eigenvalue weighted by atomic mass is 10.0. The second kappa shape index (κ2) is 26.5. The van der Waals surface area contributed by atoms with Gasteiger partial charge in [0.05, 0.1) is 62.5 Å². The number of carbonyl (C=O) groups is 2. The van der Waals surface area contributed by atoms with Gasteiger partial charge in [0, 0.05) is 89.9 Å². The van der Waals surface area contributed by atoms with Crippen molar-refractivity contribution in [3.05, 3.63) is 166 Å². The largest absolute Gasteiger partial charge is 0.494 e. The summed E-state index contributed by atoms with van der Waals surface area (Å²) >= 11 is 12.4. The van der Waals surface area contributed by atoms with Gasteiger partial charge in [0.15, 0.2) is 11.6 Å². The van der Waals surface area contributed by atoms with Gasteiger partial charge < -0.3 is 34.6 Å². The first-order chi connectivity index (χ1) is 35.2. The van der Waals surface area contributed by atoms with Crippen LogP contribution in [0.15, 0.2) is 122 Å². The van der Waals surface area contributed by atoms with Crippen molar-refractivity contribution in [2.75, 3.05) is 65.1 Å². The van der Waals surface area contributed by atoms with Crippen molar-refractivity contribution in [2.24, 2.45) is 0 Å². The molecule has 0 saturated heterocycles. The van der Waals surface area contributed by atoms with Crippen molar-refractivity contribution in [3.63, 3.8) is 0 Å². The highest BCUT2D eigenvalue weighted by molar-refractivity contribution is 6.32. The molecule has 7 rings (SSSR count). The van der Waals surface area contributed by atoms with E-state index in [0.717, 1.165) is 5.69 Å². The van der Waals surface area contributed by atoms with Gasteiger partial charge in [0.25, 0.3) is 0 Å². The number of allylic oxidation sites excluding steroid dienone is 2. The van der Waals surface area contributed by atoms with E-state index < -0.39 is 5.82 Å². The van der Waals surface area contributed by atoms with Gasteiger partial charge in [-0.25, -0.2) is 4.39 Å². The highest BCUT2D eigenvalue weighted by Gasteiger charge is 2.18. The molecule has 73 heavy (non-hydrogen) atoms. The average molecular weight is 1020 g/mol. The summed E-state index contributed by atoms with van der Waals surface area (Å²) in [5.41, 5.74) is 6.29. The summed E-state index contributed by atoms with van der Waals surface area (Å²) in [7, 11) is 7.73. The van der Waals surface area contributed by atoms with E-state index in [0.29, 0.717) is 115 Å². The Morgan fingerprint density at radius 3 is 1.60 bits per heavy atom. The Kier molecular flexibility index (Phi) is 19.8. The first kappa shape index (κ1) is 54.4. The molecule has 0 bridgehead atoms. The van der Waals surface area contributed by atoms with Crippen LogP contribution in [0.2, 0.25) is 10.0 Å². The fourth-order valence-corrected chi connectivity index (χ4v) is 7.72. The molecular formula is C56H54Cl2FN9O5. The third kappa shape index (κ3) is 15.3. The molecule has 17 heteroatoms. The number of hydrogen-bond acceptors (Lipinski definition) is 14. The number of hydrogen-bond donors (Lipinski definition) is 2. The molecule has 0 aliphatic rings. The van der Waals surface area contributed by atoms with Crippen molar-refractivity contribution in [1.82, 2.24) is 24.8 Å². The molecule has 0 unspecified atom stereocenters. The standard InChI is InChI=1S/C31H30ClN5O3.C25H24ClFN4O2/c1-4-39-30-17-28-26(15-21(30)14-25(38)9-7-13-37(2)3)31(22(18-33)19-35-28)36-23-10-11-29(27(32)16-23)40-20-24-8-5-6-12-34-24;1-4-33-24-13-23-20(11-16(24)10-19(32)6-5-9-31(2)3)25(17(14-28)15-29-23)30-18-7-8-22(27)21(26)12-18/h5-12,15-17,19H,4,13-14,20H2,1-3H3,(H,35,36);5-8,11-13,15H,4,9-10H2,1-3H3,(H,29,30)/b9-7+;6-5+. The van der Waals surface area contributed by atoms with Gasteiger partial charge in [-0.1, -0.05) is 41.4 Å². The molecule has 0 atom stereocenters. The fraction of sp³-hybridized carbons (Fsp3) is 0.232. The number of nitriles is 2. The Morgan fingerprint density at radius 1 is 0.658 bits per heavy atom. The summed E-state index contributed by atoms with van der Waals surface area (Å²) in [6, 6.07) is 26.7. The van der Waals surface area contributed by atoms with Crippen LogP contribution in [-0.2, 0) is 29.0 Å². The molecule has 0 fully saturated rings. The van der Waals surface area contributed by atoms with E-state index in [1.165, 1.54) is 30.6 Å². The SMILES string of the molecule is CCOc1cc2ncc(C#N)c(Nc3ccc(F)c(Cl)c3)c2cc1CC(=O)/C=C/CN(C)C.CCOc1cc2ncc(C#N)c(Nc3ccc(OCc4ccccn4)c(Cl)c3)c2cc1CC(=O)/C=C/CN(C)C. The molecule has 0 radical (unpaired) electrons. The van der Waals surface area contributed by atoms with Crippen molar-refractivity contribution in [3.8, 4) is 29.4 Å². The van der Waals surface area contributed by atoms with Crippen molar-refractivity contribution in [1.29, 1.82) is 10.5 Å². The Labute approximate surface area is 434 Å². The maximum atomic E-state index is 13.6. The third-order valence-electron chi connectivity index (χ3n) is 10.7. The predicted octanol–water partition coefficient (Wildman–Crippen LogP) is 11.4. The number of rotatable bonds is 21. The average Bonchev–Trinajstić information content (AvgIpc) is 3.36. The van der Waals surface area contributed by atoms with Gasteiger partial charge in [0.1, 0.15) is 41.8 Å². The predicted molar refractivity (Wildman–Crippen MR) is 286 cm³/mol. The van der Waals surface area contributed by atoms with Crippen LogP contribution in [0.3, 0.4) is 0 Å². The number of ether oxygens (including phenoxy) is 3. The van der Waals surface area contributed by atoms with Crippen LogP contribution in [-0.4, -0.2) is 90.8 Å². The van der Waals surface area contributed by atoms with Crippen molar-refractivity contribution in [2.45, 2.75) is 33.3 Å². The van der Waals surface area contributed by atoms with E-state index in [2.05, 4.69) is 37.7 Å². The van der Waals surface area contributed by atoms with E-state index in [-0.39, 0.29) is 36.0 Å².